The molecule has 3 rings (SSSR count). The van der Waals surface area contributed by atoms with E-state index in [1.807, 2.05) is 17.4 Å². The van der Waals surface area contributed by atoms with Gasteiger partial charge < -0.3 is 14.8 Å². The molecule has 1 aliphatic heterocycles. The maximum Gasteiger partial charge on any atom is 0.317 e. The van der Waals surface area contributed by atoms with Gasteiger partial charge in [-0.05, 0) is 50.4 Å². The summed E-state index contributed by atoms with van der Waals surface area (Å²) in [6, 6.07) is 0.126. The zero-order valence-electron chi connectivity index (χ0n) is 13.9. The molecule has 1 spiro atoms. The molecule has 2 heterocycles. The third kappa shape index (κ3) is 4.36. The Morgan fingerprint density at radius 2 is 2.22 bits per heavy atom. The zero-order valence-corrected chi connectivity index (χ0v) is 13.9. The van der Waals surface area contributed by atoms with Gasteiger partial charge >= 0.3 is 6.03 Å². The van der Waals surface area contributed by atoms with Crippen LogP contribution >= 0.6 is 0 Å². The highest BCUT2D eigenvalue weighted by Gasteiger charge is 2.36. The van der Waals surface area contributed by atoms with Crippen molar-refractivity contribution in [3.8, 4) is 0 Å². The number of urea groups is 1. The van der Waals surface area contributed by atoms with E-state index in [9.17, 15) is 4.79 Å². The third-order valence-electron chi connectivity index (χ3n) is 5.19. The lowest BCUT2D eigenvalue weighted by Crippen LogP contribution is -2.50. The third-order valence-corrected chi connectivity index (χ3v) is 5.19. The standard InChI is InChI=1S/C18H28N4O/c23-17(20-10-4-5-12-21-14-11-19-16-21)22-13-6-9-18(15-22)7-2-1-3-8-18/h1-2,11,14,16H,3-10,12-13,15H2,(H,20,23)/t18-/m1/s1. The van der Waals surface area contributed by atoms with Gasteiger partial charge in [0.25, 0.3) is 0 Å². The molecule has 5 heteroatoms. The number of allylic oxidation sites excluding steroid dienone is 2. The van der Waals surface area contributed by atoms with Crippen LogP contribution in [0, 0.1) is 5.41 Å². The Labute approximate surface area is 138 Å². The number of rotatable bonds is 5. The van der Waals surface area contributed by atoms with Crippen LogP contribution in [0.5, 0.6) is 0 Å². The molecule has 1 aromatic rings. The van der Waals surface area contributed by atoms with E-state index in [1.165, 1.54) is 19.3 Å². The lowest BCUT2D eigenvalue weighted by Gasteiger charge is -2.43. The van der Waals surface area contributed by atoms with Crippen LogP contribution in [0.4, 0.5) is 4.79 Å². The molecule has 126 valence electrons. The van der Waals surface area contributed by atoms with Crippen LogP contribution < -0.4 is 5.32 Å². The summed E-state index contributed by atoms with van der Waals surface area (Å²) in [5.74, 6) is 0. The highest BCUT2D eigenvalue weighted by molar-refractivity contribution is 5.74. The minimum Gasteiger partial charge on any atom is -0.338 e. The molecule has 2 amide bonds. The maximum absolute atomic E-state index is 12.4. The first-order valence-electron chi connectivity index (χ1n) is 8.91. The highest BCUT2D eigenvalue weighted by Crippen LogP contribution is 2.40. The van der Waals surface area contributed by atoms with Crippen LogP contribution in [-0.4, -0.2) is 40.1 Å². The van der Waals surface area contributed by atoms with Gasteiger partial charge in [-0.3, -0.25) is 0 Å². The molecule has 1 N–H and O–H groups in total. The zero-order chi connectivity index (χ0) is 16.0. The minimum absolute atomic E-state index is 0.126. The summed E-state index contributed by atoms with van der Waals surface area (Å²) in [4.78, 5) is 18.5. The van der Waals surface area contributed by atoms with Crippen molar-refractivity contribution in [3.63, 3.8) is 0 Å². The maximum atomic E-state index is 12.4. The predicted octanol–water partition coefficient (Wildman–Crippen LogP) is 3.20. The summed E-state index contributed by atoms with van der Waals surface area (Å²) in [5, 5.41) is 3.10. The molecule has 1 atom stereocenters. The van der Waals surface area contributed by atoms with Gasteiger partial charge in [0.15, 0.2) is 0 Å². The van der Waals surface area contributed by atoms with Gasteiger partial charge in [0, 0.05) is 38.6 Å². The summed E-state index contributed by atoms with van der Waals surface area (Å²) in [7, 11) is 0. The van der Waals surface area contributed by atoms with E-state index < -0.39 is 0 Å². The molecular weight excluding hydrogens is 288 g/mol. The van der Waals surface area contributed by atoms with Crippen LogP contribution in [0.25, 0.3) is 0 Å². The smallest absolute Gasteiger partial charge is 0.317 e. The summed E-state index contributed by atoms with van der Waals surface area (Å²) >= 11 is 0. The molecule has 0 radical (unpaired) electrons. The fraction of sp³-hybridized carbons (Fsp3) is 0.667. The molecule has 0 bridgehead atoms. The molecule has 1 saturated heterocycles. The number of hydrogen-bond donors (Lipinski definition) is 1. The molecule has 1 aromatic heterocycles. The van der Waals surface area contributed by atoms with Crippen molar-refractivity contribution in [1.82, 2.24) is 19.8 Å². The van der Waals surface area contributed by atoms with Gasteiger partial charge in [0.2, 0.25) is 0 Å². The second kappa shape index (κ2) is 7.66. The van der Waals surface area contributed by atoms with Crippen molar-refractivity contribution in [2.45, 2.75) is 51.5 Å². The minimum atomic E-state index is 0.126. The van der Waals surface area contributed by atoms with Crippen molar-refractivity contribution >= 4 is 6.03 Å². The van der Waals surface area contributed by atoms with Crippen LogP contribution in [-0.2, 0) is 6.54 Å². The summed E-state index contributed by atoms with van der Waals surface area (Å²) in [6.45, 7) is 3.57. The molecule has 23 heavy (non-hydrogen) atoms. The lowest BCUT2D eigenvalue weighted by molar-refractivity contribution is 0.0960. The number of carbonyl (C=O) groups is 1. The number of amides is 2. The van der Waals surface area contributed by atoms with Gasteiger partial charge in [-0.1, -0.05) is 12.2 Å². The fourth-order valence-corrected chi connectivity index (χ4v) is 3.84. The number of imidazole rings is 1. The van der Waals surface area contributed by atoms with Gasteiger partial charge in [-0.2, -0.15) is 0 Å². The Balaban J connectivity index is 1.37. The highest BCUT2D eigenvalue weighted by atomic mass is 16.2. The van der Waals surface area contributed by atoms with Crippen molar-refractivity contribution < 1.29 is 4.79 Å². The van der Waals surface area contributed by atoms with E-state index in [-0.39, 0.29) is 6.03 Å². The second-order valence-corrected chi connectivity index (χ2v) is 6.98. The number of aryl methyl sites for hydroxylation is 1. The number of hydrogen-bond acceptors (Lipinski definition) is 2. The number of aromatic nitrogens is 2. The number of nitrogens with zero attached hydrogens (tertiary/aromatic N) is 3. The number of unbranched alkanes of at least 4 members (excludes halogenated alkanes) is 1. The van der Waals surface area contributed by atoms with Gasteiger partial charge in [0.05, 0.1) is 6.33 Å². The first-order valence-corrected chi connectivity index (χ1v) is 8.91. The molecule has 2 aliphatic rings. The first-order chi connectivity index (χ1) is 11.3. The van der Waals surface area contributed by atoms with Crippen LogP contribution in [0.1, 0.15) is 44.9 Å². The summed E-state index contributed by atoms with van der Waals surface area (Å²) < 4.78 is 2.08. The molecule has 1 fully saturated rings. The number of carbonyl (C=O) groups excluding carboxylic acids is 1. The van der Waals surface area contributed by atoms with E-state index >= 15 is 0 Å². The molecule has 0 unspecified atom stereocenters. The van der Waals surface area contributed by atoms with E-state index in [1.54, 1.807) is 6.20 Å². The van der Waals surface area contributed by atoms with Crippen LogP contribution in [0.3, 0.4) is 0 Å². The average molecular weight is 316 g/mol. The van der Waals surface area contributed by atoms with E-state index in [2.05, 4.69) is 27.0 Å². The molecule has 0 saturated carbocycles. The fourth-order valence-electron chi connectivity index (χ4n) is 3.84. The van der Waals surface area contributed by atoms with Crippen molar-refractivity contribution in [2.24, 2.45) is 5.41 Å². The normalized spacial score (nSPS) is 24.1. The SMILES string of the molecule is O=C(NCCCCn1ccnc1)N1CCC[C@]2(CC=CCC2)C1. The summed E-state index contributed by atoms with van der Waals surface area (Å²) in [5.41, 5.74) is 0.353. The molecule has 5 nitrogen and oxygen atoms in total. The monoisotopic (exact) mass is 316 g/mol. The van der Waals surface area contributed by atoms with Crippen molar-refractivity contribution in [3.05, 3.63) is 30.9 Å². The quantitative estimate of drug-likeness (QED) is 0.670. The molecule has 0 aromatic carbocycles. The molecular formula is C18H28N4O. The first kappa shape index (κ1) is 16.1. The molecule has 1 aliphatic carbocycles. The topological polar surface area (TPSA) is 50.2 Å². The van der Waals surface area contributed by atoms with Crippen molar-refractivity contribution in [1.29, 1.82) is 0 Å². The van der Waals surface area contributed by atoms with Gasteiger partial charge in [-0.15, -0.1) is 0 Å². The number of nitrogens with one attached hydrogen (secondary N) is 1. The number of likely N-dealkylation sites (tertiary alicyclic amines) is 1. The van der Waals surface area contributed by atoms with Crippen LogP contribution in [0.15, 0.2) is 30.9 Å². The van der Waals surface area contributed by atoms with E-state index in [0.29, 0.717) is 5.41 Å². The second-order valence-electron chi connectivity index (χ2n) is 6.98. The van der Waals surface area contributed by atoms with Crippen molar-refractivity contribution in [2.75, 3.05) is 19.6 Å². The largest absolute Gasteiger partial charge is 0.338 e. The Morgan fingerprint density at radius 3 is 3.00 bits per heavy atom. The Kier molecular flexibility index (Phi) is 5.36. The van der Waals surface area contributed by atoms with E-state index in [4.69, 9.17) is 0 Å². The lowest BCUT2D eigenvalue weighted by atomic mass is 9.71. The Morgan fingerprint density at radius 1 is 1.26 bits per heavy atom. The van der Waals surface area contributed by atoms with Gasteiger partial charge in [-0.25, -0.2) is 9.78 Å². The predicted molar refractivity (Wildman–Crippen MR) is 91.1 cm³/mol. The Hall–Kier alpha value is -1.78. The number of piperidine rings is 1. The van der Waals surface area contributed by atoms with Gasteiger partial charge in [0.1, 0.15) is 0 Å². The van der Waals surface area contributed by atoms with E-state index in [0.717, 1.165) is 51.9 Å². The summed E-state index contributed by atoms with van der Waals surface area (Å²) in [6.07, 6.45) is 18.2. The average Bonchev–Trinajstić information content (AvgIpc) is 3.08. The Bertz CT molecular complexity index is 525. The van der Waals surface area contributed by atoms with Crippen LogP contribution in [0.2, 0.25) is 0 Å².